The molecule has 4 aliphatic rings. The van der Waals surface area contributed by atoms with Crippen LogP contribution >= 0.6 is 0 Å². The third-order valence-electron chi connectivity index (χ3n) is 9.92. The smallest absolute Gasteiger partial charge is 0.237 e. The van der Waals surface area contributed by atoms with Crippen LogP contribution in [-0.4, -0.2) is 196 Å². The molecule has 308 valence electrons. The summed E-state index contributed by atoms with van der Waals surface area (Å²) in [6, 6.07) is -5.39. The molecular formula is C29H58N10O14. The lowest BCUT2D eigenvalue weighted by molar-refractivity contribution is -0.306. The van der Waals surface area contributed by atoms with Gasteiger partial charge in [-0.15, -0.1) is 0 Å². The van der Waals surface area contributed by atoms with Gasteiger partial charge in [0.15, 0.2) is 24.8 Å². The Morgan fingerprint density at radius 1 is 0.736 bits per heavy atom. The second-order valence-corrected chi connectivity index (χ2v) is 13.8. The minimum absolute atomic E-state index is 0.0519. The second kappa shape index (κ2) is 19.2. The summed E-state index contributed by atoms with van der Waals surface area (Å²) in [6.45, 7) is -0.950. The number of carbonyl (C=O) groups excluding carboxylic acids is 1. The number of hydrogen-bond donors (Lipinski definition) is 16. The first kappa shape index (κ1) is 43.7. The van der Waals surface area contributed by atoms with Gasteiger partial charge in [-0.05, 0) is 19.3 Å². The minimum Gasteiger partial charge on any atom is -0.394 e. The SMILES string of the molecule is NC[C@H]1O[C@H](O[C@H]2[C@H](O[C@H]3O[C@@H](CO)[C@H](O[C@H]4O[C@@H](CNC(=O)C(N)CCCN=C(N)N)[C@@H](O)[C@H](O)[C@H]4N)[C@@H]3O)[C@@H](O)[C@H](N)C[C@@H]2N)[C@H](N)[C@@H](O)[C@@H]1O. The normalized spacial score (nSPS) is 45.4. The monoisotopic (exact) mass is 770 g/mol. The molecule has 53 heavy (non-hydrogen) atoms. The van der Waals surface area contributed by atoms with Gasteiger partial charge in [-0.25, -0.2) is 0 Å². The molecule has 20 atom stereocenters. The number of amides is 1. The Morgan fingerprint density at radius 3 is 1.87 bits per heavy atom. The largest absolute Gasteiger partial charge is 0.394 e. The Balaban J connectivity index is 1.42. The van der Waals surface area contributed by atoms with Crippen LogP contribution in [0.2, 0.25) is 0 Å². The van der Waals surface area contributed by atoms with Crippen molar-refractivity contribution in [2.24, 2.45) is 50.9 Å². The topological polar surface area (TPSA) is 447 Å². The van der Waals surface area contributed by atoms with Gasteiger partial charge in [0.2, 0.25) is 5.91 Å². The molecule has 0 aromatic carbocycles. The highest BCUT2D eigenvalue weighted by atomic mass is 16.8. The molecule has 3 heterocycles. The number of carbonyl (C=O) groups is 1. The third kappa shape index (κ3) is 10.2. The maximum atomic E-state index is 12.6. The van der Waals surface area contributed by atoms with E-state index in [1.807, 2.05) is 0 Å². The number of ether oxygens (including phenoxy) is 6. The molecule has 1 saturated carbocycles. The number of hydrogen-bond acceptors (Lipinski definition) is 21. The molecule has 24 N–H and O–H groups in total. The number of aliphatic imine (C=N–C) groups is 1. The minimum atomic E-state index is -1.70. The van der Waals surface area contributed by atoms with Gasteiger partial charge >= 0.3 is 0 Å². The number of aliphatic hydroxyl groups excluding tert-OH is 7. The first-order valence-corrected chi connectivity index (χ1v) is 17.4. The van der Waals surface area contributed by atoms with E-state index in [9.17, 15) is 40.5 Å². The molecule has 24 heteroatoms. The van der Waals surface area contributed by atoms with Crippen molar-refractivity contribution in [2.45, 2.75) is 142 Å². The van der Waals surface area contributed by atoms with Crippen LogP contribution in [0.25, 0.3) is 0 Å². The predicted octanol–water partition coefficient (Wildman–Crippen LogP) is -10.4. The third-order valence-corrected chi connectivity index (χ3v) is 9.92. The fourth-order valence-corrected chi connectivity index (χ4v) is 6.70. The van der Waals surface area contributed by atoms with E-state index < -0.39 is 135 Å². The lowest BCUT2D eigenvalue weighted by Gasteiger charge is -2.47. The molecule has 3 saturated heterocycles. The van der Waals surface area contributed by atoms with Crippen LogP contribution in [0.4, 0.5) is 0 Å². The van der Waals surface area contributed by atoms with Crippen molar-refractivity contribution in [3.05, 3.63) is 0 Å². The highest BCUT2D eigenvalue weighted by Gasteiger charge is 2.54. The van der Waals surface area contributed by atoms with Gasteiger partial charge in [0.25, 0.3) is 0 Å². The molecule has 3 aliphatic heterocycles. The standard InChI is InChI=1S/C29H58N10O14/c30-5-11-17(42)19(44)14(34)26(48-11)51-22-10(33)4-9(32)16(41)24(22)53-28-21(46)23(13(7-40)50-28)52-27-15(35)20(45)18(43)12(49-27)6-39-25(47)8(31)2-1-3-38-29(36)37/h8-24,26-28,40-46H,1-7,30-35H2,(H,39,47)(H4,36,37,38)/t8?,9-,10+,11-,12+,13+,14-,15-,16+,17-,18-,19-,20-,21+,22-,23+,24-,26-,27-,28-/m1/s1. The van der Waals surface area contributed by atoms with Crippen LogP contribution < -0.4 is 51.2 Å². The average Bonchev–Trinajstić information content (AvgIpc) is 3.42. The van der Waals surface area contributed by atoms with E-state index in [4.69, 9.17) is 74.3 Å². The van der Waals surface area contributed by atoms with Crippen LogP contribution in [0.3, 0.4) is 0 Å². The van der Waals surface area contributed by atoms with Crippen molar-refractivity contribution >= 4 is 11.9 Å². The summed E-state index contributed by atoms with van der Waals surface area (Å²) in [6.07, 6.45) is -20.6. The number of nitrogens with zero attached hydrogens (tertiary/aromatic N) is 1. The first-order chi connectivity index (χ1) is 25.0. The van der Waals surface area contributed by atoms with E-state index in [-0.39, 0.29) is 38.4 Å². The van der Waals surface area contributed by atoms with Gasteiger partial charge in [0, 0.05) is 31.7 Å². The molecule has 1 unspecified atom stereocenters. The Bertz CT molecular complexity index is 1200. The zero-order chi connectivity index (χ0) is 39.3. The highest BCUT2D eigenvalue weighted by molar-refractivity contribution is 5.81. The molecule has 4 rings (SSSR count). The maximum Gasteiger partial charge on any atom is 0.237 e. The summed E-state index contributed by atoms with van der Waals surface area (Å²) in [5.74, 6) is -0.674. The molecule has 0 bridgehead atoms. The van der Waals surface area contributed by atoms with E-state index in [1.165, 1.54) is 0 Å². The Morgan fingerprint density at radius 2 is 1.28 bits per heavy atom. The van der Waals surface area contributed by atoms with Crippen molar-refractivity contribution in [1.29, 1.82) is 0 Å². The number of nitrogens with one attached hydrogen (secondary N) is 1. The highest BCUT2D eigenvalue weighted by Crippen LogP contribution is 2.34. The molecule has 0 radical (unpaired) electrons. The summed E-state index contributed by atoms with van der Waals surface area (Å²) in [4.78, 5) is 16.4. The summed E-state index contributed by atoms with van der Waals surface area (Å²) in [5, 5.41) is 77.2. The molecule has 0 aromatic rings. The number of nitrogens with two attached hydrogens (primary N) is 8. The average molecular weight is 771 g/mol. The fourth-order valence-electron chi connectivity index (χ4n) is 6.70. The van der Waals surface area contributed by atoms with E-state index >= 15 is 0 Å². The van der Waals surface area contributed by atoms with Gasteiger partial charge in [0.05, 0.1) is 30.8 Å². The van der Waals surface area contributed by atoms with Gasteiger partial charge in [-0.2, -0.15) is 0 Å². The Labute approximate surface area is 305 Å². The fraction of sp³-hybridized carbons (Fsp3) is 0.931. The van der Waals surface area contributed by atoms with E-state index in [2.05, 4.69) is 10.3 Å². The van der Waals surface area contributed by atoms with E-state index in [1.54, 1.807) is 0 Å². The second-order valence-electron chi connectivity index (χ2n) is 13.8. The first-order valence-electron chi connectivity index (χ1n) is 17.4. The van der Waals surface area contributed by atoms with Crippen molar-refractivity contribution < 1.29 is 69.0 Å². The van der Waals surface area contributed by atoms with Crippen molar-refractivity contribution in [2.75, 3.05) is 26.2 Å². The van der Waals surface area contributed by atoms with Crippen LogP contribution in [0, 0.1) is 0 Å². The lowest BCUT2D eigenvalue weighted by atomic mass is 9.84. The van der Waals surface area contributed by atoms with Gasteiger partial charge in [0.1, 0.15) is 67.1 Å². The summed E-state index contributed by atoms with van der Waals surface area (Å²) in [7, 11) is 0. The Hall–Kier alpha value is -2.02. The van der Waals surface area contributed by atoms with E-state index in [0.29, 0.717) is 6.42 Å². The van der Waals surface area contributed by atoms with Crippen LogP contribution in [0.15, 0.2) is 4.99 Å². The van der Waals surface area contributed by atoms with Gasteiger partial charge in [-0.1, -0.05) is 0 Å². The number of rotatable bonds is 15. The number of aliphatic hydroxyl groups is 7. The maximum absolute atomic E-state index is 12.6. The van der Waals surface area contributed by atoms with Crippen LogP contribution in [0.5, 0.6) is 0 Å². The van der Waals surface area contributed by atoms with Crippen LogP contribution in [-0.2, 0) is 33.2 Å². The molecule has 4 fully saturated rings. The summed E-state index contributed by atoms with van der Waals surface area (Å²) < 4.78 is 35.2. The predicted molar refractivity (Wildman–Crippen MR) is 180 cm³/mol. The molecule has 0 aromatic heterocycles. The zero-order valence-corrected chi connectivity index (χ0v) is 29.1. The zero-order valence-electron chi connectivity index (χ0n) is 29.1. The quantitative estimate of drug-likeness (QED) is 0.0417. The summed E-state index contributed by atoms with van der Waals surface area (Å²) in [5.41, 5.74) is 46.8. The van der Waals surface area contributed by atoms with Gasteiger partial charge < -0.3 is 115 Å². The van der Waals surface area contributed by atoms with Crippen molar-refractivity contribution in [3.8, 4) is 0 Å². The van der Waals surface area contributed by atoms with Crippen molar-refractivity contribution in [3.63, 3.8) is 0 Å². The van der Waals surface area contributed by atoms with Crippen molar-refractivity contribution in [1.82, 2.24) is 5.32 Å². The molecule has 1 aliphatic carbocycles. The Kier molecular flexibility index (Phi) is 15.9. The molecule has 0 spiro atoms. The molecular weight excluding hydrogens is 712 g/mol. The number of guanidine groups is 1. The molecule has 24 nitrogen and oxygen atoms in total. The molecule has 1 amide bonds. The van der Waals surface area contributed by atoms with E-state index in [0.717, 1.165) is 0 Å². The lowest BCUT2D eigenvalue weighted by Crippen LogP contribution is -2.68. The summed E-state index contributed by atoms with van der Waals surface area (Å²) >= 11 is 0. The van der Waals surface area contributed by atoms with Gasteiger partial charge in [-0.3, -0.25) is 9.79 Å². The van der Waals surface area contributed by atoms with Crippen LogP contribution in [0.1, 0.15) is 19.3 Å².